The van der Waals surface area contributed by atoms with E-state index in [0.29, 0.717) is 39.8 Å². The summed E-state index contributed by atoms with van der Waals surface area (Å²) in [7, 11) is 1.48. The number of aliphatic hydroxyl groups is 2. The molecule has 0 fully saturated rings. The Morgan fingerprint density at radius 1 is 1.21 bits per heavy atom. The maximum absolute atomic E-state index is 10.3. The first-order chi connectivity index (χ1) is 11.6. The second-order valence-corrected chi connectivity index (χ2v) is 5.31. The molecule has 1 atom stereocenters. The Kier molecular flexibility index (Phi) is 4.64. The van der Waals surface area contributed by atoms with Crippen molar-refractivity contribution < 1.29 is 29.2 Å². The molecule has 0 aromatic heterocycles. The number of ether oxygens (including phenoxy) is 4. The topological polar surface area (TPSA) is 103 Å². The molecule has 0 aliphatic carbocycles. The standard InChI is InChI=1S/C17H19NO6/c1-21-16-5-10(7-19)4-12(18)17(16)22-8-13(20)11-2-3-14-15(6-11)24-9-23-14/h2-6,13,19-20H,7-9,18H2,1H3. The van der Waals surface area contributed by atoms with Crippen molar-refractivity contribution in [3.63, 3.8) is 0 Å². The lowest BCUT2D eigenvalue weighted by Gasteiger charge is -2.17. The van der Waals surface area contributed by atoms with E-state index >= 15 is 0 Å². The van der Waals surface area contributed by atoms with Gasteiger partial charge in [-0.15, -0.1) is 0 Å². The Morgan fingerprint density at radius 2 is 2.00 bits per heavy atom. The number of aliphatic hydroxyl groups excluding tert-OH is 2. The summed E-state index contributed by atoms with van der Waals surface area (Å²) in [5, 5.41) is 19.5. The third-order valence-electron chi connectivity index (χ3n) is 3.71. The summed E-state index contributed by atoms with van der Waals surface area (Å²) in [6, 6.07) is 8.44. The molecule has 0 radical (unpaired) electrons. The van der Waals surface area contributed by atoms with E-state index in [1.165, 1.54) is 7.11 Å². The molecule has 2 aromatic rings. The molecule has 2 aromatic carbocycles. The number of nitrogen functional groups attached to an aromatic ring is 1. The maximum atomic E-state index is 10.3. The lowest BCUT2D eigenvalue weighted by molar-refractivity contribution is 0.106. The van der Waals surface area contributed by atoms with E-state index in [1.807, 2.05) is 0 Å². The van der Waals surface area contributed by atoms with Crippen molar-refractivity contribution in [3.05, 3.63) is 41.5 Å². The lowest BCUT2D eigenvalue weighted by Crippen LogP contribution is -2.11. The Bertz CT molecular complexity index is 733. The molecular formula is C17H19NO6. The van der Waals surface area contributed by atoms with Gasteiger partial charge in [-0.25, -0.2) is 0 Å². The van der Waals surface area contributed by atoms with Gasteiger partial charge < -0.3 is 34.9 Å². The molecule has 1 unspecified atom stereocenters. The highest BCUT2D eigenvalue weighted by molar-refractivity contribution is 5.62. The number of anilines is 1. The molecule has 0 saturated heterocycles. The molecule has 0 spiro atoms. The summed E-state index contributed by atoms with van der Waals surface area (Å²) in [5.74, 6) is 1.97. The predicted octanol–water partition coefficient (Wildman–Crippen LogP) is 1.61. The van der Waals surface area contributed by atoms with E-state index < -0.39 is 6.10 Å². The maximum Gasteiger partial charge on any atom is 0.231 e. The van der Waals surface area contributed by atoms with Gasteiger partial charge in [-0.2, -0.15) is 0 Å². The zero-order chi connectivity index (χ0) is 17.1. The van der Waals surface area contributed by atoms with Crippen LogP contribution in [0.2, 0.25) is 0 Å². The summed E-state index contributed by atoms with van der Waals surface area (Å²) in [5.41, 5.74) is 7.53. The molecular weight excluding hydrogens is 314 g/mol. The Balaban J connectivity index is 1.73. The van der Waals surface area contributed by atoms with Crippen molar-refractivity contribution in [1.29, 1.82) is 0 Å². The molecule has 0 saturated carbocycles. The minimum Gasteiger partial charge on any atom is -0.493 e. The molecule has 128 valence electrons. The average Bonchev–Trinajstić information content (AvgIpc) is 3.07. The van der Waals surface area contributed by atoms with E-state index in [4.69, 9.17) is 24.7 Å². The van der Waals surface area contributed by atoms with Crippen molar-refractivity contribution in [2.24, 2.45) is 0 Å². The van der Waals surface area contributed by atoms with Gasteiger partial charge in [0.15, 0.2) is 23.0 Å². The third-order valence-corrected chi connectivity index (χ3v) is 3.71. The molecule has 7 heteroatoms. The van der Waals surface area contributed by atoms with Gasteiger partial charge in [0.25, 0.3) is 0 Å². The predicted molar refractivity (Wildman–Crippen MR) is 86.3 cm³/mol. The second kappa shape index (κ2) is 6.86. The first-order valence-electron chi connectivity index (χ1n) is 7.40. The summed E-state index contributed by atoms with van der Waals surface area (Å²) in [6.07, 6.45) is -0.874. The Morgan fingerprint density at radius 3 is 2.75 bits per heavy atom. The molecule has 3 rings (SSSR count). The molecule has 1 heterocycles. The monoisotopic (exact) mass is 333 g/mol. The normalized spacial score (nSPS) is 13.6. The zero-order valence-corrected chi connectivity index (χ0v) is 13.2. The highest BCUT2D eigenvalue weighted by atomic mass is 16.7. The number of methoxy groups -OCH3 is 1. The van der Waals surface area contributed by atoms with Gasteiger partial charge in [-0.3, -0.25) is 0 Å². The Hall–Kier alpha value is -2.64. The summed E-state index contributed by atoms with van der Waals surface area (Å²) < 4.78 is 21.4. The van der Waals surface area contributed by atoms with Gasteiger partial charge in [-0.1, -0.05) is 6.07 Å². The second-order valence-electron chi connectivity index (χ2n) is 5.31. The van der Waals surface area contributed by atoms with Crippen LogP contribution < -0.4 is 24.7 Å². The number of benzene rings is 2. The minimum atomic E-state index is -0.874. The fourth-order valence-electron chi connectivity index (χ4n) is 2.46. The van der Waals surface area contributed by atoms with Crippen LogP contribution in [0.1, 0.15) is 17.2 Å². The third kappa shape index (κ3) is 3.17. The number of fused-ring (bicyclic) bond motifs is 1. The minimum absolute atomic E-state index is 0.0152. The molecule has 7 nitrogen and oxygen atoms in total. The molecule has 0 amide bonds. The highest BCUT2D eigenvalue weighted by Gasteiger charge is 2.18. The van der Waals surface area contributed by atoms with Crippen LogP contribution in [-0.4, -0.2) is 30.7 Å². The molecule has 24 heavy (non-hydrogen) atoms. The number of nitrogens with two attached hydrogens (primary N) is 1. The molecule has 4 N–H and O–H groups in total. The summed E-state index contributed by atoms with van der Waals surface area (Å²) in [6.45, 7) is 0.00958. The number of hydrogen-bond donors (Lipinski definition) is 3. The Labute approximate surface area is 139 Å². The van der Waals surface area contributed by atoms with Crippen molar-refractivity contribution >= 4 is 5.69 Å². The van der Waals surface area contributed by atoms with Crippen LogP contribution >= 0.6 is 0 Å². The van der Waals surface area contributed by atoms with Gasteiger partial charge in [0.2, 0.25) is 6.79 Å². The van der Waals surface area contributed by atoms with Gasteiger partial charge in [0.05, 0.1) is 19.4 Å². The number of rotatable bonds is 6. The molecule has 1 aliphatic heterocycles. The van der Waals surface area contributed by atoms with Crippen LogP contribution in [-0.2, 0) is 6.61 Å². The molecule has 0 bridgehead atoms. The van der Waals surface area contributed by atoms with E-state index in [1.54, 1.807) is 30.3 Å². The molecule has 1 aliphatic rings. The van der Waals surface area contributed by atoms with Crippen LogP contribution in [0.5, 0.6) is 23.0 Å². The van der Waals surface area contributed by atoms with Gasteiger partial charge in [0, 0.05) is 0 Å². The fourth-order valence-corrected chi connectivity index (χ4v) is 2.46. The van der Waals surface area contributed by atoms with Crippen molar-refractivity contribution in [2.75, 3.05) is 26.2 Å². The van der Waals surface area contributed by atoms with Gasteiger partial charge in [0.1, 0.15) is 12.7 Å². The van der Waals surface area contributed by atoms with Crippen LogP contribution in [0.25, 0.3) is 0 Å². The van der Waals surface area contributed by atoms with E-state index in [0.717, 1.165) is 0 Å². The fraction of sp³-hybridized carbons (Fsp3) is 0.294. The quantitative estimate of drug-likeness (QED) is 0.690. The van der Waals surface area contributed by atoms with Crippen molar-refractivity contribution in [2.45, 2.75) is 12.7 Å². The SMILES string of the molecule is COc1cc(CO)cc(N)c1OCC(O)c1ccc2c(c1)OCO2. The van der Waals surface area contributed by atoms with Crippen LogP contribution in [0.4, 0.5) is 5.69 Å². The summed E-state index contributed by atoms with van der Waals surface area (Å²) >= 11 is 0. The van der Waals surface area contributed by atoms with Crippen molar-refractivity contribution in [3.8, 4) is 23.0 Å². The average molecular weight is 333 g/mol. The summed E-state index contributed by atoms with van der Waals surface area (Å²) in [4.78, 5) is 0. The van der Waals surface area contributed by atoms with E-state index in [2.05, 4.69) is 0 Å². The van der Waals surface area contributed by atoms with Crippen molar-refractivity contribution in [1.82, 2.24) is 0 Å². The van der Waals surface area contributed by atoms with Crippen LogP contribution in [0.3, 0.4) is 0 Å². The largest absolute Gasteiger partial charge is 0.493 e. The van der Waals surface area contributed by atoms with Crippen LogP contribution in [0, 0.1) is 0 Å². The van der Waals surface area contributed by atoms with Gasteiger partial charge in [-0.05, 0) is 35.4 Å². The van der Waals surface area contributed by atoms with E-state index in [9.17, 15) is 10.2 Å². The highest BCUT2D eigenvalue weighted by Crippen LogP contribution is 2.37. The smallest absolute Gasteiger partial charge is 0.231 e. The van der Waals surface area contributed by atoms with Crippen LogP contribution in [0.15, 0.2) is 30.3 Å². The first-order valence-corrected chi connectivity index (χ1v) is 7.40. The lowest BCUT2D eigenvalue weighted by atomic mass is 10.1. The van der Waals surface area contributed by atoms with E-state index in [-0.39, 0.29) is 20.0 Å². The number of hydrogen-bond acceptors (Lipinski definition) is 7. The first kappa shape index (κ1) is 16.2. The zero-order valence-electron chi connectivity index (χ0n) is 13.2. The van der Waals surface area contributed by atoms with Gasteiger partial charge >= 0.3 is 0 Å².